The molecule has 0 saturated carbocycles. The van der Waals surface area contributed by atoms with E-state index in [0.29, 0.717) is 24.7 Å². The maximum Gasteiger partial charge on any atom is 0.256 e. The van der Waals surface area contributed by atoms with E-state index in [0.717, 1.165) is 45.8 Å². The highest BCUT2D eigenvalue weighted by Gasteiger charge is 2.42. The zero-order valence-corrected chi connectivity index (χ0v) is 19.8. The zero-order valence-electron chi connectivity index (χ0n) is 16.8. The molecule has 29 heavy (non-hydrogen) atoms. The third-order valence-corrected chi connectivity index (χ3v) is 8.85. The Morgan fingerprint density at radius 3 is 2.41 bits per heavy atom. The van der Waals surface area contributed by atoms with Crippen LogP contribution in [-0.4, -0.2) is 42.9 Å². The van der Waals surface area contributed by atoms with Gasteiger partial charge in [0.1, 0.15) is 0 Å². The molecule has 2 N–H and O–H groups in total. The van der Waals surface area contributed by atoms with E-state index in [9.17, 15) is 9.59 Å². The number of fused-ring (bicyclic) bond motifs is 1. The Kier molecular flexibility index (Phi) is 5.88. The molecule has 2 saturated heterocycles. The number of anilines is 1. The molecule has 2 amide bonds. The Bertz CT molecular complexity index is 944. The van der Waals surface area contributed by atoms with Crippen molar-refractivity contribution in [2.75, 3.05) is 31.1 Å². The van der Waals surface area contributed by atoms with Gasteiger partial charge in [0.05, 0.1) is 5.56 Å². The summed E-state index contributed by atoms with van der Waals surface area (Å²) in [5, 5.41) is 0. The minimum Gasteiger partial charge on any atom is -0.371 e. The van der Waals surface area contributed by atoms with Crippen LogP contribution < -0.4 is 10.6 Å². The Labute approximate surface area is 189 Å². The Hall–Kier alpha value is -1.61. The molecule has 2 unspecified atom stereocenters. The lowest BCUT2D eigenvalue weighted by Crippen LogP contribution is -2.33. The SMILES string of the molecule is Cc1sc(C)c(C(=O)N2CC3CN(c4cccc(CCC(N)=O)c4)CC3C2)c1I. The number of likely N-dealkylation sites (tertiary alicyclic amines) is 1. The predicted molar refractivity (Wildman–Crippen MR) is 126 cm³/mol. The number of amides is 2. The van der Waals surface area contributed by atoms with E-state index in [2.05, 4.69) is 70.5 Å². The summed E-state index contributed by atoms with van der Waals surface area (Å²) in [6.45, 7) is 7.78. The first-order valence-electron chi connectivity index (χ1n) is 10.0. The molecule has 1 aromatic heterocycles. The fourth-order valence-electron chi connectivity index (χ4n) is 4.60. The fourth-order valence-corrected chi connectivity index (χ4v) is 6.70. The lowest BCUT2D eigenvalue weighted by atomic mass is 10.0. The summed E-state index contributed by atoms with van der Waals surface area (Å²) in [4.78, 5) is 31.0. The van der Waals surface area contributed by atoms with Crippen molar-refractivity contribution in [2.45, 2.75) is 26.7 Å². The maximum atomic E-state index is 13.1. The summed E-state index contributed by atoms with van der Waals surface area (Å²) >= 11 is 4.03. The normalized spacial score (nSPS) is 20.9. The van der Waals surface area contributed by atoms with Crippen LogP contribution in [-0.2, 0) is 11.2 Å². The van der Waals surface area contributed by atoms with Gasteiger partial charge in [0.25, 0.3) is 5.91 Å². The average Bonchev–Trinajstić information content (AvgIpc) is 3.32. The first-order chi connectivity index (χ1) is 13.8. The van der Waals surface area contributed by atoms with Crippen molar-refractivity contribution in [3.8, 4) is 0 Å². The molecule has 2 fully saturated rings. The van der Waals surface area contributed by atoms with Gasteiger partial charge in [-0.25, -0.2) is 0 Å². The van der Waals surface area contributed by atoms with Gasteiger partial charge in [0, 0.05) is 63.4 Å². The third kappa shape index (κ3) is 4.17. The van der Waals surface area contributed by atoms with Gasteiger partial charge >= 0.3 is 0 Å². The average molecular weight is 523 g/mol. The van der Waals surface area contributed by atoms with Gasteiger partial charge in [0.15, 0.2) is 0 Å². The van der Waals surface area contributed by atoms with E-state index in [1.165, 1.54) is 10.6 Å². The van der Waals surface area contributed by atoms with Gasteiger partial charge in [-0.15, -0.1) is 11.3 Å². The molecule has 4 rings (SSSR count). The van der Waals surface area contributed by atoms with Gasteiger partial charge in [-0.1, -0.05) is 12.1 Å². The second-order valence-electron chi connectivity index (χ2n) is 8.17. The molecule has 7 heteroatoms. The Morgan fingerprint density at radius 1 is 1.14 bits per heavy atom. The molecule has 0 bridgehead atoms. The van der Waals surface area contributed by atoms with Gasteiger partial charge in [-0.3, -0.25) is 9.59 Å². The molecule has 0 radical (unpaired) electrons. The summed E-state index contributed by atoms with van der Waals surface area (Å²) in [5.41, 5.74) is 8.54. The number of hydrogen-bond donors (Lipinski definition) is 1. The number of carbonyl (C=O) groups is 2. The minimum atomic E-state index is -0.262. The number of thiophene rings is 1. The van der Waals surface area contributed by atoms with Gasteiger partial charge in [-0.05, 0) is 60.6 Å². The van der Waals surface area contributed by atoms with E-state index in [-0.39, 0.29) is 11.8 Å². The van der Waals surface area contributed by atoms with Crippen molar-refractivity contribution < 1.29 is 9.59 Å². The summed E-state index contributed by atoms with van der Waals surface area (Å²) in [7, 11) is 0. The van der Waals surface area contributed by atoms with Crippen LogP contribution in [0.25, 0.3) is 0 Å². The van der Waals surface area contributed by atoms with E-state index in [1.54, 1.807) is 11.3 Å². The van der Waals surface area contributed by atoms with Crippen molar-refractivity contribution in [1.82, 2.24) is 4.90 Å². The van der Waals surface area contributed by atoms with E-state index in [1.807, 2.05) is 0 Å². The molecule has 0 spiro atoms. The summed E-state index contributed by atoms with van der Waals surface area (Å²) in [5.74, 6) is 0.976. The molecule has 2 atom stereocenters. The molecule has 2 aliphatic heterocycles. The second kappa shape index (κ2) is 8.26. The van der Waals surface area contributed by atoms with Crippen molar-refractivity contribution in [3.05, 3.63) is 48.7 Å². The van der Waals surface area contributed by atoms with Crippen LogP contribution in [0.15, 0.2) is 24.3 Å². The Balaban J connectivity index is 1.41. The number of benzene rings is 1. The summed E-state index contributed by atoms with van der Waals surface area (Å²) in [6.07, 6.45) is 1.07. The number of nitrogens with zero attached hydrogens (tertiary/aromatic N) is 2. The topological polar surface area (TPSA) is 66.6 Å². The number of halogens is 1. The maximum absolute atomic E-state index is 13.1. The molecule has 2 aliphatic rings. The van der Waals surface area contributed by atoms with Gasteiger partial charge in [0.2, 0.25) is 5.91 Å². The van der Waals surface area contributed by atoms with Crippen LogP contribution in [0, 0.1) is 29.3 Å². The lowest BCUT2D eigenvalue weighted by molar-refractivity contribution is -0.117. The minimum absolute atomic E-state index is 0.200. The van der Waals surface area contributed by atoms with Crippen LogP contribution in [0.1, 0.15) is 32.1 Å². The summed E-state index contributed by atoms with van der Waals surface area (Å²) in [6, 6.07) is 8.42. The van der Waals surface area contributed by atoms with Crippen LogP contribution in [0.3, 0.4) is 0 Å². The Morgan fingerprint density at radius 2 is 1.83 bits per heavy atom. The monoisotopic (exact) mass is 523 g/mol. The van der Waals surface area contributed by atoms with Gasteiger partial charge < -0.3 is 15.5 Å². The second-order valence-corrected chi connectivity index (χ2v) is 10.7. The van der Waals surface area contributed by atoms with E-state index >= 15 is 0 Å². The number of primary amides is 1. The molecule has 1 aromatic carbocycles. The molecule has 0 aliphatic carbocycles. The standard InChI is InChI=1S/C22H26IN3O2S/c1-13-20(21(23)14(2)29-13)22(28)26-11-16-9-25(10-17(16)12-26)18-5-3-4-15(8-18)6-7-19(24)27/h3-5,8,16-17H,6-7,9-12H2,1-2H3,(H2,24,27). The van der Waals surface area contributed by atoms with Gasteiger partial charge in [-0.2, -0.15) is 0 Å². The number of aryl methyl sites for hydroxylation is 3. The highest BCUT2D eigenvalue weighted by molar-refractivity contribution is 14.1. The number of rotatable bonds is 5. The predicted octanol–water partition coefficient (Wildman–Crippen LogP) is 3.60. The van der Waals surface area contributed by atoms with Crippen molar-refractivity contribution >= 4 is 51.4 Å². The van der Waals surface area contributed by atoms with Crippen molar-refractivity contribution in [1.29, 1.82) is 0 Å². The largest absolute Gasteiger partial charge is 0.371 e. The molecule has 2 aromatic rings. The molecule has 3 heterocycles. The third-order valence-electron chi connectivity index (χ3n) is 6.11. The smallest absolute Gasteiger partial charge is 0.256 e. The van der Waals surface area contributed by atoms with Crippen molar-refractivity contribution in [3.63, 3.8) is 0 Å². The highest BCUT2D eigenvalue weighted by Crippen LogP contribution is 2.37. The lowest BCUT2D eigenvalue weighted by Gasteiger charge is -2.24. The van der Waals surface area contributed by atoms with Crippen LogP contribution >= 0.6 is 33.9 Å². The summed E-state index contributed by atoms with van der Waals surface area (Å²) < 4.78 is 1.11. The highest BCUT2D eigenvalue weighted by atomic mass is 127. The molecule has 154 valence electrons. The van der Waals surface area contributed by atoms with Crippen LogP contribution in [0.5, 0.6) is 0 Å². The number of hydrogen-bond acceptors (Lipinski definition) is 4. The van der Waals surface area contributed by atoms with Crippen LogP contribution in [0.4, 0.5) is 5.69 Å². The van der Waals surface area contributed by atoms with E-state index < -0.39 is 0 Å². The number of carbonyl (C=O) groups excluding carboxylic acids is 2. The molecular weight excluding hydrogens is 497 g/mol. The first kappa shape index (κ1) is 20.7. The molecular formula is C22H26IN3O2S. The van der Waals surface area contributed by atoms with E-state index in [4.69, 9.17) is 5.73 Å². The van der Waals surface area contributed by atoms with Crippen molar-refractivity contribution in [2.24, 2.45) is 17.6 Å². The number of nitrogens with two attached hydrogens (primary N) is 1. The zero-order chi connectivity index (χ0) is 20.7. The first-order valence-corrected chi connectivity index (χ1v) is 11.9. The quantitative estimate of drug-likeness (QED) is 0.610. The molecule has 5 nitrogen and oxygen atoms in total. The van der Waals surface area contributed by atoms with Crippen LogP contribution in [0.2, 0.25) is 0 Å². The fraction of sp³-hybridized carbons (Fsp3) is 0.455.